The Morgan fingerprint density at radius 1 is 0.871 bits per heavy atom. The summed E-state index contributed by atoms with van der Waals surface area (Å²) < 4.78 is 5.73. The fraction of sp³-hybridized carbons (Fsp3) is 0.0417. The van der Waals surface area contributed by atoms with E-state index in [2.05, 4.69) is 10.3 Å². The van der Waals surface area contributed by atoms with Gasteiger partial charge in [-0.3, -0.25) is 9.59 Å². The third-order valence-corrected chi connectivity index (χ3v) is 5.36. The number of carbonyl (C=O) groups excluding carboxylic acids is 2. The molecule has 1 heterocycles. The number of nitrogens with zero attached hydrogens (tertiary/aromatic N) is 1. The van der Waals surface area contributed by atoms with E-state index in [-0.39, 0.29) is 5.91 Å². The first-order valence-electron chi connectivity index (χ1n) is 9.54. The smallest absolute Gasteiger partial charge is 0.251 e. The Balaban J connectivity index is 1.33. The van der Waals surface area contributed by atoms with Crippen molar-refractivity contribution in [2.45, 2.75) is 6.54 Å². The van der Waals surface area contributed by atoms with E-state index < -0.39 is 5.91 Å². The normalized spacial score (nSPS) is 10.5. The van der Waals surface area contributed by atoms with Crippen LogP contribution in [0.1, 0.15) is 25.7 Å². The number of hydrogen-bond donors (Lipinski definition) is 2. The lowest BCUT2D eigenvalue weighted by atomic mass is 10.2. The molecule has 1 aromatic heterocycles. The van der Waals surface area contributed by atoms with Crippen molar-refractivity contribution < 1.29 is 14.3 Å². The summed E-state index contributed by atoms with van der Waals surface area (Å²) in [6.07, 6.45) is 0. The molecule has 0 saturated carbocycles. The van der Waals surface area contributed by atoms with Crippen LogP contribution in [0.25, 0.3) is 11.3 Å². The number of benzene rings is 3. The number of amides is 2. The number of nitrogens with one attached hydrogen (secondary N) is 1. The second-order valence-electron chi connectivity index (χ2n) is 6.69. The minimum Gasteiger partial charge on any atom is -0.457 e. The Bertz CT molecular complexity index is 1190. The molecule has 0 fully saturated rings. The summed E-state index contributed by atoms with van der Waals surface area (Å²) in [4.78, 5) is 28.1. The van der Waals surface area contributed by atoms with Crippen molar-refractivity contribution >= 4 is 23.2 Å². The van der Waals surface area contributed by atoms with Crippen molar-refractivity contribution in [3.05, 3.63) is 100 Å². The number of rotatable bonds is 7. The van der Waals surface area contributed by atoms with Crippen LogP contribution in [0.15, 0.2) is 84.2 Å². The molecule has 0 atom stereocenters. The second kappa shape index (κ2) is 9.23. The average Bonchev–Trinajstić information content (AvgIpc) is 3.28. The molecular formula is C24H19N3O3S. The predicted octanol–water partition coefficient (Wildman–Crippen LogP) is 4.63. The molecule has 0 saturated heterocycles. The number of carbonyl (C=O) groups is 2. The molecule has 3 aromatic carbocycles. The number of hydrogen-bond acceptors (Lipinski definition) is 5. The molecule has 0 unspecified atom stereocenters. The fourth-order valence-corrected chi connectivity index (χ4v) is 3.63. The van der Waals surface area contributed by atoms with Crippen molar-refractivity contribution in [2.24, 2.45) is 5.73 Å². The lowest BCUT2D eigenvalue weighted by Crippen LogP contribution is -2.22. The maximum atomic E-state index is 12.4. The zero-order valence-corrected chi connectivity index (χ0v) is 17.3. The number of nitrogens with two attached hydrogens (primary N) is 1. The summed E-state index contributed by atoms with van der Waals surface area (Å²) in [5.74, 6) is 0.473. The van der Waals surface area contributed by atoms with E-state index in [0.717, 1.165) is 16.3 Å². The lowest BCUT2D eigenvalue weighted by Gasteiger charge is -2.07. The highest BCUT2D eigenvalue weighted by Gasteiger charge is 2.09. The van der Waals surface area contributed by atoms with Gasteiger partial charge in [-0.05, 0) is 48.5 Å². The molecule has 2 amide bonds. The Morgan fingerprint density at radius 2 is 1.48 bits per heavy atom. The van der Waals surface area contributed by atoms with Gasteiger partial charge in [-0.1, -0.05) is 30.3 Å². The molecule has 154 valence electrons. The van der Waals surface area contributed by atoms with Gasteiger partial charge < -0.3 is 15.8 Å². The molecule has 0 aliphatic heterocycles. The molecular weight excluding hydrogens is 410 g/mol. The molecule has 0 aliphatic carbocycles. The van der Waals surface area contributed by atoms with E-state index in [1.165, 1.54) is 11.3 Å². The molecule has 0 spiro atoms. The summed E-state index contributed by atoms with van der Waals surface area (Å²) in [7, 11) is 0. The first kappa shape index (κ1) is 20.3. The maximum absolute atomic E-state index is 12.4. The monoisotopic (exact) mass is 429 g/mol. The van der Waals surface area contributed by atoms with Gasteiger partial charge in [-0.15, -0.1) is 11.3 Å². The molecule has 0 bridgehead atoms. The van der Waals surface area contributed by atoms with Gasteiger partial charge in [-0.2, -0.15) is 0 Å². The van der Waals surface area contributed by atoms with Gasteiger partial charge in [0.05, 0.1) is 12.2 Å². The minimum absolute atomic E-state index is 0.186. The first-order valence-corrected chi connectivity index (χ1v) is 10.4. The molecule has 7 heteroatoms. The third kappa shape index (κ3) is 5.15. The number of primary amides is 1. The Hall–Kier alpha value is -3.97. The van der Waals surface area contributed by atoms with Gasteiger partial charge in [-0.25, -0.2) is 4.98 Å². The van der Waals surface area contributed by atoms with Crippen LogP contribution < -0.4 is 15.8 Å². The van der Waals surface area contributed by atoms with E-state index in [1.807, 2.05) is 35.7 Å². The second-order valence-corrected chi connectivity index (χ2v) is 7.63. The molecule has 4 rings (SSSR count). The summed E-state index contributed by atoms with van der Waals surface area (Å²) in [5.41, 5.74) is 8.12. The predicted molar refractivity (Wildman–Crippen MR) is 120 cm³/mol. The van der Waals surface area contributed by atoms with Crippen molar-refractivity contribution in [3.8, 4) is 22.8 Å². The molecule has 3 N–H and O–H groups in total. The van der Waals surface area contributed by atoms with Gasteiger partial charge >= 0.3 is 0 Å². The third-order valence-electron chi connectivity index (χ3n) is 4.51. The SMILES string of the molecule is NC(=O)c1ccc(Oc2ccc(C(=O)NCc3nc(-c4ccccc4)cs3)cc2)cc1. The topological polar surface area (TPSA) is 94.3 Å². The van der Waals surface area contributed by atoms with Crippen LogP contribution in [0.4, 0.5) is 0 Å². The standard InChI is InChI=1S/C24H19N3O3S/c25-23(28)17-6-10-19(11-7-17)30-20-12-8-18(9-13-20)24(29)26-14-22-27-21(15-31-22)16-4-2-1-3-5-16/h1-13,15H,14H2,(H2,25,28)(H,26,29). The van der Waals surface area contributed by atoms with Crippen LogP contribution in [-0.2, 0) is 6.54 Å². The van der Waals surface area contributed by atoms with Crippen LogP contribution in [0, 0.1) is 0 Å². The Kier molecular flexibility index (Phi) is 6.05. The highest BCUT2D eigenvalue weighted by Crippen LogP contribution is 2.23. The summed E-state index contributed by atoms with van der Waals surface area (Å²) in [5, 5.41) is 5.71. The Labute approximate surface area is 183 Å². The van der Waals surface area contributed by atoms with Gasteiger partial charge in [0, 0.05) is 22.1 Å². The quantitative estimate of drug-likeness (QED) is 0.448. The van der Waals surface area contributed by atoms with Crippen molar-refractivity contribution in [1.82, 2.24) is 10.3 Å². The molecule has 0 aliphatic rings. The summed E-state index contributed by atoms with van der Waals surface area (Å²) in [6, 6.07) is 23.3. The van der Waals surface area contributed by atoms with Crippen LogP contribution >= 0.6 is 11.3 Å². The highest BCUT2D eigenvalue weighted by atomic mass is 32.1. The van der Waals surface area contributed by atoms with Gasteiger partial charge in [0.15, 0.2) is 0 Å². The lowest BCUT2D eigenvalue weighted by molar-refractivity contribution is 0.0949. The van der Waals surface area contributed by atoms with E-state index in [4.69, 9.17) is 10.5 Å². The zero-order valence-electron chi connectivity index (χ0n) is 16.4. The number of ether oxygens (including phenoxy) is 1. The van der Waals surface area contributed by atoms with Crippen molar-refractivity contribution in [2.75, 3.05) is 0 Å². The van der Waals surface area contributed by atoms with Crippen LogP contribution in [0.2, 0.25) is 0 Å². The Morgan fingerprint density at radius 3 is 2.10 bits per heavy atom. The largest absolute Gasteiger partial charge is 0.457 e. The van der Waals surface area contributed by atoms with Gasteiger partial charge in [0.2, 0.25) is 5.91 Å². The first-order chi connectivity index (χ1) is 15.1. The zero-order chi connectivity index (χ0) is 21.6. The molecule has 6 nitrogen and oxygen atoms in total. The summed E-state index contributed by atoms with van der Waals surface area (Å²) in [6.45, 7) is 0.362. The number of aromatic nitrogens is 1. The molecule has 0 radical (unpaired) electrons. The molecule has 31 heavy (non-hydrogen) atoms. The van der Waals surface area contributed by atoms with E-state index in [9.17, 15) is 9.59 Å². The molecule has 4 aromatic rings. The van der Waals surface area contributed by atoms with E-state index >= 15 is 0 Å². The summed E-state index contributed by atoms with van der Waals surface area (Å²) >= 11 is 1.51. The fourth-order valence-electron chi connectivity index (χ4n) is 2.89. The van der Waals surface area contributed by atoms with Crippen LogP contribution in [0.5, 0.6) is 11.5 Å². The maximum Gasteiger partial charge on any atom is 0.251 e. The van der Waals surface area contributed by atoms with Gasteiger partial charge in [0.1, 0.15) is 16.5 Å². The minimum atomic E-state index is -0.490. The number of thiazole rings is 1. The van der Waals surface area contributed by atoms with E-state index in [0.29, 0.717) is 29.2 Å². The van der Waals surface area contributed by atoms with E-state index in [1.54, 1.807) is 48.5 Å². The van der Waals surface area contributed by atoms with Crippen LogP contribution in [0.3, 0.4) is 0 Å². The highest BCUT2D eigenvalue weighted by molar-refractivity contribution is 7.09. The van der Waals surface area contributed by atoms with Gasteiger partial charge in [0.25, 0.3) is 5.91 Å². The van der Waals surface area contributed by atoms with Crippen LogP contribution in [-0.4, -0.2) is 16.8 Å². The van der Waals surface area contributed by atoms with Crippen molar-refractivity contribution in [3.63, 3.8) is 0 Å². The average molecular weight is 430 g/mol. The van der Waals surface area contributed by atoms with Crippen molar-refractivity contribution in [1.29, 1.82) is 0 Å².